The van der Waals surface area contributed by atoms with Crippen LogP contribution in [0.5, 0.6) is 0 Å². The molecule has 2 fully saturated rings. The molecule has 4 heteroatoms. The summed E-state index contributed by atoms with van der Waals surface area (Å²) >= 11 is 0. The van der Waals surface area contributed by atoms with E-state index in [1.54, 1.807) is 12.1 Å². The molecule has 1 N–H and O–H groups in total. The first-order valence-corrected chi connectivity index (χ1v) is 7.51. The number of carboxylic acid groups (broad SMARTS) is 1. The molecular weight excluding hydrogens is 252 g/mol. The Kier molecular flexibility index (Phi) is 4.03. The number of aromatic carboxylic acids is 1. The van der Waals surface area contributed by atoms with Gasteiger partial charge in [-0.05, 0) is 31.0 Å². The zero-order valence-corrected chi connectivity index (χ0v) is 11.8. The fraction of sp³-hybridized carbons (Fsp3) is 0.562. The van der Waals surface area contributed by atoms with Gasteiger partial charge in [-0.2, -0.15) is 0 Å². The molecule has 1 atom stereocenters. The van der Waals surface area contributed by atoms with Crippen molar-refractivity contribution in [3.8, 4) is 0 Å². The molecular formula is C16H22N2O2. The second-order valence-electron chi connectivity index (χ2n) is 5.88. The number of hydrogen-bond acceptors (Lipinski definition) is 3. The number of carboxylic acids is 1. The number of fused-ring (bicyclic) bond motifs is 1. The van der Waals surface area contributed by atoms with Crippen molar-refractivity contribution < 1.29 is 9.90 Å². The Hall–Kier alpha value is -1.39. The third-order valence-electron chi connectivity index (χ3n) is 4.56. The predicted octanol–water partition coefficient (Wildman–Crippen LogP) is 2.05. The average molecular weight is 274 g/mol. The van der Waals surface area contributed by atoms with E-state index in [1.807, 2.05) is 12.1 Å². The van der Waals surface area contributed by atoms with Gasteiger partial charge in [0.1, 0.15) is 0 Å². The maximum Gasteiger partial charge on any atom is 0.336 e. The first-order chi connectivity index (χ1) is 9.74. The Balaban J connectivity index is 1.68. The molecule has 1 aromatic rings. The van der Waals surface area contributed by atoms with Gasteiger partial charge in [-0.25, -0.2) is 4.79 Å². The summed E-state index contributed by atoms with van der Waals surface area (Å²) in [6.07, 6.45) is 3.95. The largest absolute Gasteiger partial charge is 0.478 e. The molecule has 4 nitrogen and oxygen atoms in total. The highest BCUT2D eigenvalue weighted by atomic mass is 16.4. The summed E-state index contributed by atoms with van der Waals surface area (Å²) in [6, 6.07) is 8.05. The number of benzene rings is 1. The highest BCUT2D eigenvalue weighted by Gasteiger charge is 2.29. The molecule has 0 spiro atoms. The number of nitrogens with zero attached hydrogens (tertiary/aromatic N) is 2. The molecule has 3 rings (SSSR count). The summed E-state index contributed by atoms with van der Waals surface area (Å²) in [6.45, 7) is 5.25. The summed E-state index contributed by atoms with van der Waals surface area (Å²) in [5.74, 6) is -0.822. The van der Waals surface area contributed by atoms with Gasteiger partial charge in [-0.15, -0.1) is 0 Å². The second-order valence-corrected chi connectivity index (χ2v) is 5.88. The molecule has 20 heavy (non-hydrogen) atoms. The van der Waals surface area contributed by atoms with Gasteiger partial charge in [0.15, 0.2) is 0 Å². The first-order valence-electron chi connectivity index (χ1n) is 7.51. The molecule has 108 valence electrons. The third kappa shape index (κ3) is 2.86. The lowest BCUT2D eigenvalue weighted by molar-refractivity contribution is 0.0452. The highest BCUT2D eigenvalue weighted by Crippen LogP contribution is 2.22. The monoisotopic (exact) mass is 274 g/mol. The lowest BCUT2D eigenvalue weighted by Gasteiger charge is -2.44. The van der Waals surface area contributed by atoms with Crippen LogP contribution < -0.4 is 0 Å². The minimum Gasteiger partial charge on any atom is -0.478 e. The molecule has 2 heterocycles. The smallest absolute Gasteiger partial charge is 0.336 e. The fourth-order valence-corrected chi connectivity index (χ4v) is 3.47. The van der Waals surface area contributed by atoms with Crippen LogP contribution in [0.1, 0.15) is 35.2 Å². The molecule has 2 aliphatic heterocycles. The Labute approximate surface area is 120 Å². The van der Waals surface area contributed by atoms with Gasteiger partial charge in [0.2, 0.25) is 0 Å². The van der Waals surface area contributed by atoms with Crippen molar-refractivity contribution >= 4 is 5.97 Å². The van der Waals surface area contributed by atoms with E-state index in [-0.39, 0.29) is 0 Å². The van der Waals surface area contributed by atoms with Gasteiger partial charge in [-0.3, -0.25) is 9.80 Å². The summed E-state index contributed by atoms with van der Waals surface area (Å²) in [5.41, 5.74) is 1.38. The van der Waals surface area contributed by atoms with E-state index in [1.165, 1.54) is 25.8 Å². The topological polar surface area (TPSA) is 43.8 Å². The summed E-state index contributed by atoms with van der Waals surface area (Å²) in [5, 5.41) is 9.26. The van der Waals surface area contributed by atoms with Crippen molar-refractivity contribution in [3.63, 3.8) is 0 Å². The Bertz CT molecular complexity index is 489. The summed E-state index contributed by atoms with van der Waals surface area (Å²) < 4.78 is 0. The van der Waals surface area contributed by atoms with Crippen LogP contribution in [0, 0.1) is 0 Å². The minimum atomic E-state index is -0.822. The molecule has 1 unspecified atom stereocenters. The zero-order chi connectivity index (χ0) is 13.9. The second kappa shape index (κ2) is 5.94. The molecule has 0 bridgehead atoms. The van der Waals surface area contributed by atoms with E-state index >= 15 is 0 Å². The zero-order valence-electron chi connectivity index (χ0n) is 11.8. The van der Waals surface area contributed by atoms with Crippen molar-refractivity contribution in [2.45, 2.75) is 31.8 Å². The summed E-state index contributed by atoms with van der Waals surface area (Å²) in [7, 11) is 0. The van der Waals surface area contributed by atoms with Crippen LogP contribution in [-0.4, -0.2) is 53.1 Å². The van der Waals surface area contributed by atoms with E-state index in [2.05, 4.69) is 9.80 Å². The van der Waals surface area contributed by atoms with Crippen molar-refractivity contribution in [2.24, 2.45) is 0 Å². The maximum atomic E-state index is 11.3. The van der Waals surface area contributed by atoms with Crippen molar-refractivity contribution in [2.75, 3.05) is 26.2 Å². The number of carbonyl (C=O) groups is 1. The molecule has 0 saturated carbocycles. The highest BCUT2D eigenvalue weighted by molar-refractivity contribution is 5.89. The number of piperidine rings is 1. The lowest BCUT2D eigenvalue weighted by Crippen LogP contribution is -2.54. The third-order valence-corrected chi connectivity index (χ3v) is 4.56. The van der Waals surface area contributed by atoms with Gasteiger partial charge in [0.05, 0.1) is 5.56 Å². The fourth-order valence-electron chi connectivity index (χ4n) is 3.47. The van der Waals surface area contributed by atoms with Crippen LogP contribution in [0.2, 0.25) is 0 Å². The first kappa shape index (κ1) is 13.6. The number of piperazine rings is 1. The standard InChI is InChI=1S/C16H22N2O2/c19-16(20)15-7-2-1-5-13(15)11-17-9-10-18-8-4-3-6-14(18)12-17/h1-2,5,7,14H,3-4,6,8-12H2,(H,19,20). The lowest BCUT2D eigenvalue weighted by atomic mass is 9.98. The van der Waals surface area contributed by atoms with Crippen molar-refractivity contribution in [1.82, 2.24) is 9.80 Å². The maximum absolute atomic E-state index is 11.3. The average Bonchev–Trinajstić information content (AvgIpc) is 2.47. The van der Waals surface area contributed by atoms with Crippen LogP contribution in [0.15, 0.2) is 24.3 Å². The van der Waals surface area contributed by atoms with Gasteiger partial charge in [0, 0.05) is 32.2 Å². The van der Waals surface area contributed by atoms with Crippen LogP contribution in [-0.2, 0) is 6.54 Å². The normalized spacial score (nSPS) is 24.3. The molecule has 0 aliphatic carbocycles. The summed E-state index contributed by atoms with van der Waals surface area (Å²) in [4.78, 5) is 16.3. The van der Waals surface area contributed by atoms with E-state index in [4.69, 9.17) is 0 Å². The van der Waals surface area contributed by atoms with Crippen LogP contribution >= 0.6 is 0 Å². The Morgan fingerprint density at radius 2 is 2.05 bits per heavy atom. The van der Waals surface area contributed by atoms with Crippen LogP contribution in [0.3, 0.4) is 0 Å². The van der Waals surface area contributed by atoms with Crippen molar-refractivity contribution in [1.29, 1.82) is 0 Å². The van der Waals surface area contributed by atoms with Crippen LogP contribution in [0.4, 0.5) is 0 Å². The van der Waals surface area contributed by atoms with E-state index < -0.39 is 5.97 Å². The molecule has 1 aromatic carbocycles. The molecule has 0 radical (unpaired) electrons. The predicted molar refractivity (Wildman–Crippen MR) is 77.9 cm³/mol. The minimum absolute atomic E-state index is 0.443. The van der Waals surface area contributed by atoms with Crippen LogP contribution in [0.25, 0.3) is 0 Å². The van der Waals surface area contributed by atoms with Gasteiger partial charge < -0.3 is 5.11 Å². The molecule has 2 saturated heterocycles. The van der Waals surface area contributed by atoms with E-state index in [0.29, 0.717) is 11.6 Å². The van der Waals surface area contributed by atoms with E-state index in [0.717, 1.165) is 31.7 Å². The van der Waals surface area contributed by atoms with Gasteiger partial charge in [0.25, 0.3) is 0 Å². The Morgan fingerprint density at radius 1 is 1.20 bits per heavy atom. The van der Waals surface area contributed by atoms with Gasteiger partial charge >= 0.3 is 5.97 Å². The number of rotatable bonds is 3. The molecule has 0 aromatic heterocycles. The number of hydrogen-bond donors (Lipinski definition) is 1. The SMILES string of the molecule is O=C(O)c1ccccc1CN1CCN2CCCCC2C1. The Morgan fingerprint density at radius 3 is 2.90 bits per heavy atom. The quantitative estimate of drug-likeness (QED) is 0.916. The molecule has 0 amide bonds. The van der Waals surface area contributed by atoms with Crippen molar-refractivity contribution in [3.05, 3.63) is 35.4 Å². The molecule has 2 aliphatic rings. The van der Waals surface area contributed by atoms with E-state index in [9.17, 15) is 9.90 Å². The van der Waals surface area contributed by atoms with Gasteiger partial charge in [-0.1, -0.05) is 24.6 Å².